The van der Waals surface area contributed by atoms with Crippen molar-refractivity contribution in [3.05, 3.63) is 81.0 Å². The molecule has 3 atom stereocenters. The average molecular weight is 708 g/mol. The third-order valence-electron chi connectivity index (χ3n) is 7.96. The lowest BCUT2D eigenvalue weighted by Gasteiger charge is -2.34. The van der Waals surface area contributed by atoms with Crippen LogP contribution in [0.5, 0.6) is 0 Å². The van der Waals surface area contributed by atoms with Crippen molar-refractivity contribution in [3.63, 3.8) is 0 Å². The second-order valence-corrected chi connectivity index (χ2v) is 16.0. The molecule has 1 fully saturated rings. The van der Waals surface area contributed by atoms with E-state index in [0.717, 1.165) is 38.8 Å². The minimum Gasteiger partial charge on any atom is -0.390 e. The lowest BCUT2D eigenvalue weighted by molar-refractivity contribution is -0.128. The number of aromatic nitrogens is 1. The molecule has 0 bridgehead atoms. The van der Waals surface area contributed by atoms with Gasteiger partial charge >= 0.3 is 6.03 Å². The number of aliphatic hydroxyl groups is 1. The number of carbonyl (C=O) groups excluding carboxylic acids is 2. The third kappa shape index (κ3) is 9.29. The summed E-state index contributed by atoms with van der Waals surface area (Å²) < 4.78 is 42.5. The van der Waals surface area contributed by atoms with E-state index in [1.807, 2.05) is 70.3 Å². The standard InChI is InChI=1S/C33H43ClFN5O5S2/c1-21(2)17-39(47(44,45)26-11-12-28(35)27(34)16-26)19-30(41)29(15-24-9-7-6-8-10-24)37-32(42)31(22(3)4)40-14-13-38(33(40)43)18-25-20-46-23(5)36-25/h6-12,16,20-22,29-31,41H,13-15,17-19H2,1-5H3,(H,37,42)/t29-,30-,31-/m0/s1. The molecule has 1 aliphatic heterocycles. The first-order valence-corrected chi connectivity index (χ1v) is 18.3. The van der Waals surface area contributed by atoms with Crippen LogP contribution in [0.2, 0.25) is 5.02 Å². The summed E-state index contributed by atoms with van der Waals surface area (Å²) in [6.45, 7) is 10.2. The molecular weight excluding hydrogens is 665 g/mol. The van der Waals surface area contributed by atoms with Crippen LogP contribution in [-0.2, 0) is 27.8 Å². The van der Waals surface area contributed by atoms with Crippen LogP contribution in [0.1, 0.15) is 44.0 Å². The van der Waals surface area contributed by atoms with E-state index in [4.69, 9.17) is 11.6 Å². The summed E-state index contributed by atoms with van der Waals surface area (Å²) in [5.41, 5.74) is 1.62. The molecule has 3 aromatic rings. The van der Waals surface area contributed by atoms with Gasteiger partial charge in [0.15, 0.2) is 0 Å². The van der Waals surface area contributed by atoms with Crippen molar-refractivity contribution in [1.82, 2.24) is 24.4 Å². The quantitative estimate of drug-likeness (QED) is 0.231. The van der Waals surface area contributed by atoms with Gasteiger partial charge in [-0.15, -0.1) is 11.3 Å². The summed E-state index contributed by atoms with van der Waals surface area (Å²) in [5, 5.41) is 17.1. The van der Waals surface area contributed by atoms with Gasteiger partial charge in [-0.1, -0.05) is 69.6 Å². The summed E-state index contributed by atoms with van der Waals surface area (Å²) >= 11 is 7.43. The Morgan fingerprint density at radius 3 is 2.43 bits per heavy atom. The van der Waals surface area contributed by atoms with E-state index in [9.17, 15) is 27.5 Å². The van der Waals surface area contributed by atoms with Crippen molar-refractivity contribution in [1.29, 1.82) is 0 Å². The van der Waals surface area contributed by atoms with Crippen LogP contribution >= 0.6 is 22.9 Å². The van der Waals surface area contributed by atoms with E-state index >= 15 is 0 Å². The molecule has 10 nitrogen and oxygen atoms in total. The van der Waals surface area contributed by atoms with Crippen LogP contribution in [0, 0.1) is 24.6 Å². The molecule has 3 amide bonds. The number of halogens is 2. The van der Waals surface area contributed by atoms with Crippen LogP contribution in [0.3, 0.4) is 0 Å². The second kappa shape index (κ2) is 15.9. The SMILES string of the molecule is Cc1nc(CN2CCN([C@H](C(=O)N[C@@H](Cc3ccccc3)[C@@H](O)CN(CC(C)C)S(=O)(=O)c3ccc(F)c(Cl)c3)C(C)C)C2=O)cs1. The Morgan fingerprint density at radius 2 is 1.83 bits per heavy atom. The van der Waals surface area contributed by atoms with Gasteiger partial charge in [0.05, 0.1) is 39.3 Å². The van der Waals surface area contributed by atoms with Crippen molar-refractivity contribution in [2.45, 2.75) is 70.7 Å². The first-order valence-electron chi connectivity index (χ1n) is 15.6. The number of hydrogen-bond acceptors (Lipinski definition) is 7. The molecule has 256 valence electrons. The number of aryl methyl sites for hydroxylation is 1. The Kier molecular flexibility index (Phi) is 12.4. The number of urea groups is 1. The molecular formula is C33H43ClFN5O5S2. The van der Waals surface area contributed by atoms with E-state index in [1.54, 1.807) is 9.80 Å². The van der Waals surface area contributed by atoms with Crippen molar-refractivity contribution in [3.8, 4) is 0 Å². The summed E-state index contributed by atoms with van der Waals surface area (Å²) in [6.07, 6.45) is -1.13. The molecule has 2 aromatic carbocycles. The fourth-order valence-corrected chi connectivity index (χ4v) is 8.20. The Bertz CT molecular complexity index is 1640. The van der Waals surface area contributed by atoms with Crippen LogP contribution in [0.4, 0.5) is 9.18 Å². The highest BCUT2D eigenvalue weighted by Crippen LogP contribution is 2.25. The van der Waals surface area contributed by atoms with Gasteiger partial charge in [-0.25, -0.2) is 22.6 Å². The summed E-state index contributed by atoms with van der Waals surface area (Å²) in [4.78, 5) is 35.0. The summed E-state index contributed by atoms with van der Waals surface area (Å²) in [7, 11) is -4.20. The number of hydrogen-bond donors (Lipinski definition) is 2. The number of aliphatic hydroxyl groups excluding tert-OH is 1. The molecule has 0 spiro atoms. The number of amides is 3. The van der Waals surface area contributed by atoms with Crippen molar-refractivity contribution >= 4 is 44.9 Å². The predicted molar refractivity (Wildman–Crippen MR) is 181 cm³/mol. The molecule has 4 rings (SSSR count). The number of benzene rings is 2. The minimum absolute atomic E-state index is 0.0611. The summed E-state index contributed by atoms with van der Waals surface area (Å²) in [5.74, 6) is -1.55. The normalized spacial score (nSPS) is 15.9. The maximum Gasteiger partial charge on any atom is 0.321 e. The summed E-state index contributed by atoms with van der Waals surface area (Å²) in [6, 6.07) is 10.4. The molecule has 14 heteroatoms. The van der Waals surface area contributed by atoms with Gasteiger partial charge in [-0.3, -0.25) is 4.79 Å². The molecule has 2 heterocycles. The zero-order valence-electron chi connectivity index (χ0n) is 27.3. The van der Waals surface area contributed by atoms with Crippen molar-refractivity contribution in [2.75, 3.05) is 26.2 Å². The van der Waals surface area contributed by atoms with Gasteiger partial charge in [0.25, 0.3) is 0 Å². The first-order chi connectivity index (χ1) is 22.2. The molecule has 1 saturated heterocycles. The fourth-order valence-electron chi connectivity index (χ4n) is 5.71. The Labute approximate surface area is 285 Å². The second-order valence-electron chi connectivity index (χ2n) is 12.6. The highest BCUT2D eigenvalue weighted by Gasteiger charge is 2.40. The Balaban J connectivity index is 1.58. The van der Waals surface area contributed by atoms with Gasteiger partial charge in [-0.05, 0) is 48.9 Å². The largest absolute Gasteiger partial charge is 0.390 e. The molecule has 0 aliphatic carbocycles. The van der Waals surface area contributed by atoms with E-state index in [2.05, 4.69) is 10.3 Å². The zero-order valence-corrected chi connectivity index (χ0v) is 29.7. The van der Waals surface area contributed by atoms with Gasteiger partial charge in [0.1, 0.15) is 11.9 Å². The number of nitrogens with one attached hydrogen (secondary N) is 1. The van der Waals surface area contributed by atoms with Crippen LogP contribution in [0.15, 0.2) is 58.8 Å². The average Bonchev–Trinajstić information content (AvgIpc) is 3.58. The van der Waals surface area contributed by atoms with Gasteiger partial charge < -0.3 is 20.2 Å². The predicted octanol–water partition coefficient (Wildman–Crippen LogP) is 4.94. The lowest BCUT2D eigenvalue weighted by atomic mass is 9.97. The van der Waals surface area contributed by atoms with Gasteiger partial charge in [0, 0.05) is 31.6 Å². The van der Waals surface area contributed by atoms with Crippen molar-refractivity contribution < 1.29 is 27.5 Å². The first kappa shape index (κ1) is 36.7. The maximum atomic E-state index is 14.0. The van der Waals surface area contributed by atoms with E-state index < -0.39 is 39.9 Å². The fraction of sp³-hybridized carbons (Fsp3) is 0.485. The number of nitrogens with zero attached hydrogens (tertiary/aromatic N) is 4. The lowest BCUT2D eigenvalue weighted by Crippen LogP contribution is -2.57. The topological polar surface area (TPSA) is 123 Å². The number of carbonyl (C=O) groups is 2. The van der Waals surface area contributed by atoms with E-state index in [-0.39, 0.29) is 47.3 Å². The minimum atomic E-state index is -4.20. The van der Waals surface area contributed by atoms with Gasteiger partial charge in [0.2, 0.25) is 15.9 Å². The molecule has 0 unspecified atom stereocenters. The zero-order chi connectivity index (χ0) is 34.5. The highest BCUT2D eigenvalue weighted by molar-refractivity contribution is 7.89. The molecule has 1 aliphatic rings. The number of sulfonamides is 1. The number of rotatable bonds is 15. The Hall–Kier alpha value is -3.10. The monoisotopic (exact) mass is 707 g/mol. The van der Waals surface area contributed by atoms with Crippen LogP contribution in [0.25, 0.3) is 0 Å². The molecule has 1 aromatic heterocycles. The molecule has 47 heavy (non-hydrogen) atoms. The van der Waals surface area contributed by atoms with E-state index in [0.29, 0.717) is 19.6 Å². The Morgan fingerprint density at radius 1 is 1.13 bits per heavy atom. The smallest absolute Gasteiger partial charge is 0.321 e. The van der Waals surface area contributed by atoms with E-state index in [1.165, 1.54) is 11.3 Å². The maximum absolute atomic E-state index is 14.0. The highest BCUT2D eigenvalue weighted by atomic mass is 35.5. The number of thiazole rings is 1. The molecule has 2 N–H and O–H groups in total. The van der Waals surface area contributed by atoms with Gasteiger partial charge in [-0.2, -0.15) is 4.31 Å². The van der Waals surface area contributed by atoms with Crippen LogP contribution < -0.4 is 5.32 Å². The third-order valence-corrected chi connectivity index (χ3v) is 10.9. The van der Waals surface area contributed by atoms with Crippen molar-refractivity contribution in [2.24, 2.45) is 11.8 Å². The molecule has 0 saturated carbocycles. The van der Waals surface area contributed by atoms with Crippen LogP contribution in [-0.4, -0.2) is 88.9 Å². The molecule has 0 radical (unpaired) electrons.